The Kier molecular flexibility index (Phi) is 3.12. The standard InChI is InChI=1S/C12H12N4O4/c1-2-17-11-14-10(13)15-12(16-11)20-7-3-4-8-9(5-7)19-6-18-8/h3-5H,2,6H2,1H3,(H2,13,14,15,16). The van der Waals surface area contributed by atoms with Gasteiger partial charge < -0.3 is 24.7 Å². The molecule has 20 heavy (non-hydrogen) atoms. The number of fused-ring (bicyclic) bond motifs is 1. The highest BCUT2D eigenvalue weighted by molar-refractivity contribution is 5.47. The lowest BCUT2D eigenvalue weighted by Gasteiger charge is -2.06. The molecule has 0 aliphatic carbocycles. The predicted molar refractivity (Wildman–Crippen MR) is 68.0 cm³/mol. The third kappa shape index (κ3) is 2.48. The topological polar surface area (TPSA) is 102 Å². The van der Waals surface area contributed by atoms with E-state index in [1.54, 1.807) is 18.2 Å². The van der Waals surface area contributed by atoms with Crippen molar-refractivity contribution in [2.75, 3.05) is 19.1 Å². The first-order chi connectivity index (χ1) is 9.74. The smallest absolute Gasteiger partial charge is 0.330 e. The van der Waals surface area contributed by atoms with Gasteiger partial charge in [0.1, 0.15) is 5.75 Å². The van der Waals surface area contributed by atoms with Gasteiger partial charge in [0.25, 0.3) is 0 Å². The fourth-order valence-corrected chi connectivity index (χ4v) is 1.64. The summed E-state index contributed by atoms with van der Waals surface area (Å²) in [5.41, 5.74) is 5.57. The summed E-state index contributed by atoms with van der Waals surface area (Å²) in [6, 6.07) is 5.32. The average Bonchev–Trinajstić information content (AvgIpc) is 2.85. The van der Waals surface area contributed by atoms with Crippen LogP contribution >= 0.6 is 0 Å². The lowest BCUT2D eigenvalue weighted by molar-refractivity contribution is 0.174. The monoisotopic (exact) mass is 276 g/mol. The highest BCUT2D eigenvalue weighted by atomic mass is 16.7. The molecular weight excluding hydrogens is 264 g/mol. The molecule has 1 aromatic heterocycles. The fourth-order valence-electron chi connectivity index (χ4n) is 1.64. The second kappa shape index (κ2) is 5.08. The van der Waals surface area contributed by atoms with Crippen LogP contribution in [0, 0.1) is 0 Å². The summed E-state index contributed by atoms with van der Waals surface area (Å²) < 4.78 is 21.2. The van der Waals surface area contributed by atoms with E-state index >= 15 is 0 Å². The summed E-state index contributed by atoms with van der Waals surface area (Å²) in [4.78, 5) is 11.7. The molecule has 1 aromatic carbocycles. The minimum atomic E-state index is 0.0270. The number of nitrogen functional groups attached to an aromatic ring is 1. The number of nitrogens with two attached hydrogens (primary N) is 1. The lowest BCUT2D eigenvalue weighted by Crippen LogP contribution is -2.04. The molecule has 3 rings (SSSR count). The number of benzene rings is 1. The SMILES string of the molecule is CCOc1nc(N)nc(Oc2ccc3c(c2)OCO3)n1. The Labute approximate surface area is 114 Å². The number of ether oxygens (including phenoxy) is 4. The van der Waals surface area contributed by atoms with Gasteiger partial charge in [-0.2, -0.15) is 9.97 Å². The maximum Gasteiger partial charge on any atom is 0.330 e. The van der Waals surface area contributed by atoms with Gasteiger partial charge in [-0.05, 0) is 19.1 Å². The molecule has 0 spiro atoms. The Balaban J connectivity index is 1.83. The first-order valence-electron chi connectivity index (χ1n) is 5.96. The third-order valence-electron chi connectivity index (χ3n) is 2.44. The van der Waals surface area contributed by atoms with Gasteiger partial charge in [-0.25, -0.2) is 0 Å². The summed E-state index contributed by atoms with van der Waals surface area (Å²) in [6.45, 7) is 2.44. The number of anilines is 1. The number of aromatic nitrogens is 3. The van der Waals surface area contributed by atoms with Crippen LogP contribution in [-0.2, 0) is 0 Å². The van der Waals surface area contributed by atoms with Crippen molar-refractivity contribution in [3.63, 3.8) is 0 Å². The van der Waals surface area contributed by atoms with Crippen LogP contribution in [0.2, 0.25) is 0 Å². The van der Waals surface area contributed by atoms with E-state index in [2.05, 4.69) is 15.0 Å². The quantitative estimate of drug-likeness (QED) is 0.893. The predicted octanol–water partition coefficient (Wildman–Crippen LogP) is 1.37. The summed E-state index contributed by atoms with van der Waals surface area (Å²) in [7, 11) is 0. The molecule has 104 valence electrons. The molecule has 2 N–H and O–H groups in total. The normalized spacial score (nSPS) is 12.2. The molecule has 8 heteroatoms. The van der Waals surface area contributed by atoms with E-state index in [1.165, 1.54) is 0 Å². The molecule has 0 bridgehead atoms. The van der Waals surface area contributed by atoms with Crippen molar-refractivity contribution in [1.82, 2.24) is 15.0 Å². The zero-order valence-electron chi connectivity index (χ0n) is 10.7. The van der Waals surface area contributed by atoms with E-state index in [4.69, 9.17) is 24.7 Å². The van der Waals surface area contributed by atoms with Gasteiger partial charge in [0.05, 0.1) is 6.61 Å². The van der Waals surface area contributed by atoms with Crippen LogP contribution in [0.25, 0.3) is 0 Å². The van der Waals surface area contributed by atoms with Crippen LogP contribution in [-0.4, -0.2) is 28.4 Å². The van der Waals surface area contributed by atoms with Crippen molar-refractivity contribution in [2.45, 2.75) is 6.92 Å². The van der Waals surface area contributed by atoms with Crippen molar-refractivity contribution in [3.8, 4) is 29.3 Å². The highest BCUT2D eigenvalue weighted by Crippen LogP contribution is 2.36. The van der Waals surface area contributed by atoms with E-state index in [9.17, 15) is 0 Å². The van der Waals surface area contributed by atoms with Gasteiger partial charge in [-0.3, -0.25) is 0 Å². The zero-order chi connectivity index (χ0) is 13.9. The molecule has 0 atom stereocenters. The fraction of sp³-hybridized carbons (Fsp3) is 0.250. The first-order valence-corrected chi connectivity index (χ1v) is 5.96. The molecule has 0 saturated heterocycles. The van der Waals surface area contributed by atoms with Crippen molar-refractivity contribution in [2.24, 2.45) is 0 Å². The second-order valence-electron chi connectivity index (χ2n) is 3.81. The number of hydrogen-bond donors (Lipinski definition) is 1. The van der Waals surface area contributed by atoms with Crippen LogP contribution in [0.15, 0.2) is 18.2 Å². The Morgan fingerprint density at radius 3 is 2.80 bits per heavy atom. The summed E-state index contributed by atoms with van der Waals surface area (Å²) in [5, 5.41) is 0. The molecule has 0 fully saturated rings. The summed E-state index contributed by atoms with van der Waals surface area (Å²) >= 11 is 0. The van der Waals surface area contributed by atoms with Gasteiger partial charge >= 0.3 is 12.0 Å². The van der Waals surface area contributed by atoms with Gasteiger partial charge in [0, 0.05) is 6.07 Å². The van der Waals surface area contributed by atoms with Crippen LogP contribution in [0.3, 0.4) is 0 Å². The Bertz CT molecular complexity index is 635. The first kappa shape index (κ1) is 12.3. The Hall–Kier alpha value is -2.77. The maximum atomic E-state index is 5.57. The number of nitrogens with zero attached hydrogens (tertiary/aromatic N) is 3. The van der Waals surface area contributed by atoms with Gasteiger partial charge in [0.2, 0.25) is 12.7 Å². The molecular formula is C12H12N4O4. The zero-order valence-corrected chi connectivity index (χ0v) is 10.7. The van der Waals surface area contributed by atoms with Gasteiger partial charge in [-0.15, -0.1) is 4.98 Å². The average molecular weight is 276 g/mol. The van der Waals surface area contributed by atoms with Crippen LogP contribution in [0.1, 0.15) is 6.92 Å². The van der Waals surface area contributed by atoms with E-state index in [-0.39, 0.29) is 24.8 Å². The molecule has 0 radical (unpaired) electrons. The minimum Gasteiger partial charge on any atom is -0.464 e. The molecule has 0 amide bonds. The van der Waals surface area contributed by atoms with Crippen LogP contribution in [0.4, 0.5) is 5.95 Å². The van der Waals surface area contributed by atoms with E-state index in [1.807, 2.05) is 6.92 Å². The van der Waals surface area contributed by atoms with Crippen molar-refractivity contribution in [1.29, 1.82) is 0 Å². The molecule has 1 aliphatic rings. The molecule has 8 nitrogen and oxygen atoms in total. The highest BCUT2D eigenvalue weighted by Gasteiger charge is 2.15. The maximum absolute atomic E-state index is 5.57. The molecule has 0 unspecified atom stereocenters. The third-order valence-corrected chi connectivity index (χ3v) is 2.44. The van der Waals surface area contributed by atoms with Crippen molar-refractivity contribution < 1.29 is 18.9 Å². The van der Waals surface area contributed by atoms with E-state index < -0.39 is 0 Å². The second-order valence-corrected chi connectivity index (χ2v) is 3.81. The molecule has 2 aromatic rings. The summed E-state index contributed by atoms with van der Waals surface area (Å²) in [6.07, 6.45) is 0. The van der Waals surface area contributed by atoms with E-state index in [0.29, 0.717) is 23.9 Å². The van der Waals surface area contributed by atoms with Crippen LogP contribution < -0.4 is 24.7 Å². The molecule has 2 heterocycles. The Morgan fingerprint density at radius 2 is 1.95 bits per heavy atom. The van der Waals surface area contributed by atoms with Crippen molar-refractivity contribution in [3.05, 3.63) is 18.2 Å². The van der Waals surface area contributed by atoms with Gasteiger partial charge in [-0.1, -0.05) is 0 Å². The number of hydrogen-bond acceptors (Lipinski definition) is 8. The van der Waals surface area contributed by atoms with Crippen molar-refractivity contribution >= 4 is 5.95 Å². The Morgan fingerprint density at radius 1 is 1.15 bits per heavy atom. The van der Waals surface area contributed by atoms with E-state index in [0.717, 1.165) is 0 Å². The lowest BCUT2D eigenvalue weighted by atomic mass is 10.3. The summed E-state index contributed by atoms with van der Waals surface area (Å²) in [5.74, 6) is 1.80. The van der Waals surface area contributed by atoms with Gasteiger partial charge in [0.15, 0.2) is 11.5 Å². The number of rotatable bonds is 4. The molecule has 0 saturated carbocycles. The molecule has 1 aliphatic heterocycles. The van der Waals surface area contributed by atoms with Crippen LogP contribution in [0.5, 0.6) is 29.3 Å². The largest absolute Gasteiger partial charge is 0.464 e. The minimum absolute atomic E-state index is 0.0270.